The second-order valence-corrected chi connectivity index (χ2v) is 6.06. The van der Waals surface area contributed by atoms with E-state index in [-0.39, 0.29) is 18.1 Å². The fourth-order valence-electron chi connectivity index (χ4n) is 3.21. The van der Waals surface area contributed by atoms with E-state index in [2.05, 4.69) is 10.3 Å². The molecule has 1 aliphatic rings. The van der Waals surface area contributed by atoms with Gasteiger partial charge in [0.15, 0.2) is 0 Å². The van der Waals surface area contributed by atoms with Crippen molar-refractivity contribution in [1.29, 1.82) is 0 Å². The van der Waals surface area contributed by atoms with E-state index < -0.39 is 0 Å². The third-order valence-electron chi connectivity index (χ3n) is 4.44. The molecule has 25 heavy (non-hydrogen) atoms. The largest absolute Gasteiger partial charge is 0.371 e. The first kappa shape index (κ1) is 15.6. The number of amides is 1. The quantitative estimate of drug-likeness (QED) is 0.798. The van der Waals surface area contributed by atoms with Crippen molar-refractivity contribution in [1.82, 2.24) is 14.9 Å². The van der Waals surface area contributed by atoms with Gasteiger partial charge in [0, 0.05) is 12.3 Å². The van der Waals surface area contributed by atoms with Crippen LogP contribution in [0.5, 0.6) is 0 Å². The van der Waals surface area contributed by atoms with Crippen molar-refractivity contribution in [3.63, 3.8) is 0 Å². The maximum absolute atomic E-state index is 12.8. The standard InChI is InChI=1S/C20H19N3O2/c24-20(18-13-21-14-23(18)16-9-5-2-6-10-16)22-17-11-12-25-19(17)15-7-3-1-4-8-15/h1-10,13-14,17,19H,11-12H2,(H,22,24). The molecular weight excluding hydrogens is 314 g/mol. The van der Waals surface area contributed by atoms with E-state index in [0.29, 0.717) is 12.3 Å². The number of nitrogens with one attached hydrogen (secondary N) is 1. The Labute approximate surface area is 146 Å². The summed E-state index contributed by atoms with van der Waals surface area (Å²) in [5.74, 6) is -0.141. The van der Waals surface area contributed by atoms with Gasteiger partial charge in [-0.1, -0.05) is 48.5 Å². The molecule has 2 atom stereocenters. The molecule has 0 saturated carbocycles. The predicted octanol–water partition coefficient (Wildman–Crippen LogP) is 3.13. The van der Waals surface area contributed by atoms with Crippen molar-refractivity contribution in [3.8, 4) is 5.69 Å². The number of rotatable bonds is 4. The zero-order valence-electron chi connectivity index (χ0n) is 13.7. The summed E-state index contributed by atoms with van der Waals surface area (Å²) in [6.45, 7) is 0.641. The molecule has 0 aliphatic carbocycles. The molecule has 1 aromatic heterocycles. The Morgan fingerprint density at radius 3 is 2.56 bits per heavy atom. The normalized spacial score (nSPS) is 19.7. The van der Waals surface area contributed by atoms with E-state index in [1.165, 1.54) is 0 Å². The predicted molar refractivity (Wildman–Crippen MR) is 94.6 cm³/mol. The number of aromatic nitrogens is 2. The highest BCUT2D eigenvalue weighted by atomic mass is 16.5. The lowest BCUT2D eigenvalue weighted by Crippen LogP contribution is -2.37. The summed E-state index contributed by atoms with van der Waals surface area (Å²) in [5, 5.41) is 3.12. The topological polar surface area (TPSA) is 56.1 Å². The summed E-state index contributed by atoms with van der Waals surface area (Å²) in [7, 11) is 0. The summed E-state index contributed by atoms with van der Waals surface area (Å²) in [4.78, 5) is 16.9. The SMILES string of the molecule is O=C(NC1CCOC1c1ccccc1)c1cncn1-c1ccccc1. The van der Waals surface area contributed by atoms with Gasteiger partial charge in [0.1, 0.15) is 11.8 Å². The van der Waals surface area contributed by atoms with Gasteiger partial charge in [-0.25, -0.2) is 4.98 Å². The molecule has 1 saturated heterocycles. The van der Waals surface area contributed by atoms with E-state index in [1.54, 1.807) is 17.1 Å². The molecule has 1 fully saturated rings. The molecule has 1 N–H and O–H groups in total. The van der Waals surface area contributed by atoms with Gasteiger partial charge in [-0.2, -0.15) is 0 Å². The third kappa shape index (κ3) is 3.19. The molecule has 4 rings (SSSR count). The van der Waals surface area contributed by atoms with E-state index in [1.807, 2.05) is 60.7 Å². The van der Waals surface area contributed by atoms with Gasteiger partial charge in [-0.3, -0.25) is 9.36 Å². The highest BCUT2D eigenvalue weighted by Gasteiger charge is 2.31. The lowest BCUT2D eigenvalue weighted by Gasteiger charge is -2.20. The molecule has 2 aromatic carbocycles. The summed E-state index contributed by atoms with van der Waals surface area (Å²) >= 11 is 0. The van der Waals surface area contributed by atoms with Gasteiger partial charge in [-0.15, -0.1) is 0 Å². The zero-order chi connectivity index (χ0) is 17.1. The van der Waals surface area contributed by atoms with Crippen LogP contribution < -0.4 is 5.32 Å². The molecule has 5 nitrogen and oxygen atoms in total. The minimum atomic E-state index is -0.141. The number of hydrogen-bond donors (Lipinski definition) is 1. The molecule has 3 aromatic rings. The molecule has 5 heteroatoms. The number of ether oxygens (including phenoxy) is 1. The maximum atomic E-state index is 12.8. The van der Waals surface area contributed by atoms with Crippen LogP contribution in [0.1, 0.15) is 28.6 Å². The van der Waals surface area contributed by atoms with Gasteiger partial charge in [0.25, 0.3) is 5.91 Å². The molecule has 0 radical (unpaired) electrons. The van der Waals surface area contributed by atoms with Crippen molar-refractivity contribution >= 4 is 5.91 Å². The van der Waals surface area contributed by atoms with Gasteiger partial charge in [-0.05, 0) is 24.1 Å². The van der Waals surface area contributed by atoms with Crippen molar-refractivity contribution in [2.45, 2.75) is 18.6 Å². The summed E-state index contributed by atoms with van der Waals surface area (Å²) < 4.78 is 7.64. The van der Waals surface area contributed by atoms with Gasteiger partial charge in [0.2, 0.25) is 0 Å². The van der Waals surface area contributed by atoms with Crippen LogP contribution in [0.25, 0.3) is 5.69 Å². The van der Waals surface area contributed by atoms with Crippen LogP contribution in [-0.4, -0.2) is 28.1 Å². The summed E-state index contributed by atoms with van der Waals surface area (Å²) in [5.41, 5.74) is 2.51. The third-order valence-corrected chi connectivity index (χ3v) is 4.44. The van der Waals surface area contributed by atoms with Crippen molar-refractivity contribution in [2.75, 3.05) is 6.61 Å². The van der Waals surface area contributed by atoms with Crippen LogP contribution in [-0.2, 0) is 4.74 Å². The Balaban J connectivity index is 1.54. The number of hydrogen-bond acceptors (Lipinski definition) is 3. The Kier molecular flexibility index (Phi) is 4.31. The molecule has 1 amide bonds. The number of para-hydroxylation sites is 1. The van der Waals surface area contributed by atoms with Gasteiger partial charge < -0.3 is 10.1 Å². The van der Waals surface area contributed by atoms with Crippen molar-refractivity contribution < 1.29 is 9.53 Å². The van der Waals surface area contributed by atoms with Crippen LogP contribution in [0.3, 0.4) is 0 Å². The van der Waals surface area contributed by atoms with Gasteiger partial charge in [0.05, 0.1) is 18.6 Å². The van der Waals surface area contributed by atoms with E-state index in [4.69, 9.17) is 4.74 Å². The summed E-state index contributed by atoms with van der Waals surface area (Å²) in [6, 6.07) is 19.7. The fourth-order valence-corrected chi connectivity index (χ4v) is 3.21. The van der Waals surface area contributed by atoms with Gasteiger partial charge >= 0.3 is 0 Å². The number of nitrogens with zero attached hydrogens (tertiary/aromatic N) is 2. The lowest BCUT2D eigenvalue weighted by molar-refractivity contribution is 0.0816. The monoisotopic (exact) mass is 333 g/mol. The maximum Gasteiger partial charge on any atom is 0.270 e. The molecule has 1 aliphatic heterocycles. The average Bonchev–Trinajstić information content (AvgIpc) is 3.32. The van der Waals surface area contributed by atoms with Crippen molar-refractivity contribution in [3.05, 3.63) is 84.4 Å². The smallest absolute Gasteiger partial charge is 0.270 e. The first-order valence-corrected chi connectivity index (χ1v) is 8.38. The first-order chi connectivity index (χ1) is 12.3. The summed E-state index contributed by atoms with van der Waals surface area (Å²) in [6.07, 6.45) is 3.93. The van der Waals surface area contributed by atoms with E-state index >= 15 is 0 Å². The Hall–Kier alpha value is -2.92. The molecular formula is C20H19N3O2. The molecule has 2 unspecified atom stereocenters. The first-order valence-electron chi connectivity index (χ1n) is 8.38. The van der Waals surface area contributed by atoms with Crippen LogP contribution >= 0.6 is 0 Å². The second kappa shape index (κ2) is 6.91. The van der Waals surface area contributed by atoms with Crippen LogP contribution in [0.2, 0.25) is 0 Å². The van der Waals surface area contributed by atoms with Crippen LogP contribution in [0, 0.1) is 0 Å². The van der Waals surface area contributed by atoms with E-state index in [0.717, 1.165) is 17.7 Å². The fraction of sp³-hybridized carbons (Fsp3) is 0.200. The number of benzene rings is 2. The number of carbonyl (C=O) groups excluding carboxylic acids is 1. The van der Waals surface area contributed by atoms with Crippen LogP contribution in [0.15, 0.2) is 73.2 Å². The highest BCUT2D eigenvalue weighted by Crippen LogP contribution is 2.29. The minimum absolute atomic E-state index is 0.0472. The molecule has 0 spiro atoms. The molecule has 0 bridgehead atoms. The molecule has 126 valence electrons. The number of carbonyl (C=O) groups is 1. The molecule has 2 heterocycles. The minimum Gasteiger partial charge on any atom is -0.371 e. The Morgan fingerprint density at radius 2 is 1.80 bits per heavy atom. The van der Waals surface area contributed by atoms with E-state index in [9.17, 15) is 4.79 Å². The Bertz CT molecular complexity index is 846. The zero-order valence-corrected chi connectivity index (χ0v) is 13.7. The highest BCUT2D eigenvalue weighted by molar-refractivity contribution is 5.93. The van der Waals surface area contributed by atoms with Crippen molar-refractivity contribution in [2.24, 2.45) is 0 Å². The average molecular weight is 333 g/mol. The number of imidazole rings is 1. The Morgan fingerprint density at radius 1 is 1.08 bits per heavy atom. The van der Waals surface area contributed by atoms with Crippen LogP contribution in [0.4, 0.5) is 0 Å². The second-order valence-electron chi connectivity index (χ2n) is 6.06. The lowest BCUT2D eigenvalue weighted by atomic mass is 10.0.